The number of alkyl halides is 3. The summed E-state index contributed by atoms with van der Waals surface area (Å²) in [6, 6.07) is -0.739. The van der Waals surface area contributed by atoms with Gasteiger partial charge in [-0.05, 0) is 19.3 Å². The summed E-state index contributed by atoms with van der Waals surface area (Å²) >= 11 is 0. The number of hydrogen-bond acceptors (Lipinski definition) is 4. The van der Waals surface area contributed by atoms with E-state index in [2.05, 4.69) is 20.6 Å². The van der Waals surface area contributed by atoms with E-state index in [1.165, 1.54) is 13.3 Å². The monoisotopic (exact) mass is 304 g/mol. The molecule has 7 heteroatoms. The van der Waals surface area contributed by atoms with Crippen LogP contribution in [0.1, 0.15) is 52.0 Å². The molecule has 4 nitrogen and oxygen atoms in total. The van der Waals surface area contributed by atoms with Crippen molar-refractivity contribution in [1.29, 1.82) is 0 Å². The van der Waals surface area contributed by atoms with Crippen LogP contribution in [0.15, 0.2) is 6.33 Å². The van der Waals surface area contributed by atoms with Crippen LogP contribution >= 0.6 is 0 Å². The first-order valence-corrected chi connectivity index (χ1v) is 7.16. The third kappa shape index (κ3) is 5.77. The summed E-state index contributed by atoms with van der Waals surface area (Å²) in [5.41, 5.74) is 0.819. The highest BCUT2D eigenvalue weighted by Gasteiger charge is 2.30. The first kappa shape index (κ1) is 17.5. The summed E-state index contributed by atoms with van der Waals surface area (Å²) in [7, 11) is 0. The second-order valence-electron chi connectivity index (χ2n) is 5.43. The molecule has 0 aliphatic rings. The van der Waals surface area contributed by atoms with Crippen molar-refractivity contribution in [3.8, 4) is 0 Å². The summed E-state index contributed by atoms with van der Waals surface area (Å²) < 4.78 is 37.3. The van der Waals surface area contributed by atoms with Crippen LogP contribution in [0.25, 0.3) is 0 Å². The van der Waals surface area contributed by atoms with Crippen LogP contribution in [0, 0.1) is 0 Å². The molecule has 0 aliphatic carbocycles. The van der Waals surface area contributed by atoms with Crippen molar-refractivity contribution >= 4 is 11.6 Å². The van der Waals surface area contributed by atoms with Crippen LogP contribution in [-0.2, 0) is 0 Å². The molecule has 1 unspecified atom stereocenters. The van der Waals surface area contributed by atoms with Crippen molar-refractivity contribution in [2.75, 3.05) is 17.2 Å². The fourth-order valence-corrected chi connectivity index (χ4v) is 2.07. The maximum Gasteiger partial charge on any atom is 0.391 e. The third-order valence-electron chi connectivity index (χ3n) is 2.92. The van der Waals surface area contributed by atoms with Gasteiger partial charge in [-0.2, -0.15) is 13.2 Å². The number of anilines is 2. The van der Waals surface area contributed by atoms with Crippen molar-refractivity contribution in [2.45, 2.75) is 58.7 Å². The SMILES string of the molecule is CCCNc1ncnc(NC(C)CC(F)(F)F)c1C(C)C. The Bertz CT molecular complexity index is 446. The minimum atomic E-state index is -4.19. The van der Waals surface area contributed by atoms with E-state index in [0.717, 1.165) is 18.5 Å². The molecule has 1 heterocycles. The highest BCUT2D eigenvalue weighted by atomic mass is 19.4. The molecule has 2 N–H and O–H groups in total. The Morgan fingerprint density at radius 2 is 1.76 bits per heavy atom. The quantitative estimate of drug-likeness (QED) is 0.793. The van der Waals surface area contributed by atoms with Gasteiger partial charge in [-0.15, -0.1) is 0 Å². The lowest BCUT2D eigenvalue weighted by Gasteiger charge is -2.21. The lowest BCUT2D eigenvalue weighted by Crippen LogP contribution is -2.25. The largest absolute Gasteiger partial charge is 0.391 e. The van der Waals surface area contributed by atoms with Gasteiger partial charge in [0.05, 0.1) is 6.42 Å². The Hall–Kier alpha value is -1.53. The Balaban J connectivity index is 2.95. The van der Waals surface area contributed by atoms with Gasteiger partial charge in [0.2, 0.25) is 0 Å². The number of aromatic nitrogens is 2. The highest BCUT2D eigenvalue weighted by Crippen LogP contribution is 2.30. The molecule has 1 aromatic rings. The summed E-state index contributed by atoms with van der Waals surface area (Å²) in [5.74, 6) is 1.25. The molecule has 0 saturated heterocycles. The number of nitrogens with one attached hydrogen (secondary N) is 2. The Morgan fingerprint density at radius 1 is 1.14 bits per heavy atom. The number of halogens is 3. The van der Waals surface area contributed by atoms with E-state index >= 15 is 0 Å². The second-order valence-corrected chi connectivity index (χ2v) is 5.43. The van der Waals surface area contributed by atoms with Crippen LogP contribution in [-0.4, -0.2) is 28.7 Å². The molecule has 0 saturated carbocycles. The van der Waals surface area contributed by atoms with E-state index in [0.29, 0.717) is 11.6 Å². The minimum Gasteiger partial charge on any atom is -0.370 e. The van der Waals surface area contributed by atoms with Gasteiger partial charge in [0.25, 0.3) is 0 Å². The van der Waals surface area contributed by atoms with Gasteiger partial charge in [0.15, 0.2) is 0 Å². The van der Waals surface area contributed by atoms with Gasteiger partial charge < -0.3 is 10.6 Å². The van der Waals surface area contributed by atoms with Crippen molar-refractivity contribution < 1.29 is 13.2 Å². The number of nitrogens with zero attached hydrogens (tertiary/aromatic N) is 2. The van der Waals surface area contributed by atoms with Crippen LogP contribution in [0.2, 0.25) is 0 Å². The molecule has 0 aromatic carbocycles. The normalized spacial score (nSPS) is 13.3. The van der Waals surface area contributed by atoms with Crippen molar-refractivity contribution in [2.24, 2.45) is 0 Å². The molecule has 21 heavy (non-hydrogen) atoms. The zero-order valence-electron chi connectivity index (χ0n) is 12.9. The average Bonchev–Trinajstić information content (AvgIpc) is 2.33. The Labute approximate surface area is 123 Å². The lowest BCUT2D eigenvalue weighted by atomic mass is 10.0. The molecule has 0 fully saturated rings. The van der Waals surface area contributed by atoms with Crippen molar-refractivity contribution in [3.05, 3.63) is 11.9 Å². The predicted octanol–water partition coefficient (Wildman–Crippen LogP) is 4.17. The molecule has 1 atom stereocenters. The molecule has 0 radical (unpaired) electrons. The maximum absolute atomic E-state index is 12.4. The van der Waals surface area contributed by atoms with Gasteiger partial charge in [-0.3, -0.25) is 0 Å². The fraction of sp³-hybridized carbons (Fsp3) is 0.714. The highest BCUT2D eigenvalue weighted by molar-refractivity contribution is 5.59. The molecular formula is C14H23F3N4. The van der Waals surface area contributed by atoms with Crippen molar-refractivity contribution in [1.82, 2.24) is 9.97 Å². The van der Waals surface area contributed by atoms with Gasteiger partial charge >= 0.3 is 6.18 Å². The Kier molecular flexibility index (Phi) is 6.23. The van der Waals surface area contributed by atoms with Crippen molar-refractivity contribution in [3.63, 3.8) is 0 Å². The van der Waals surface area contributed by atoms with Gasteiger partial charge in [0, 0.05) is 18.2 Å². The lowest BCUT2D eigenvalue weighted by molar-refractivity contribution is -0.136. The van der Waals surface area contributed by atoms with Gasteiger partial charge in [-0.1, -0.05) is 20.8 Å². The van der Waals surface area contributed by atoms with E-state index in [1.807, 2.05) is 20.8 Å². The topological polar surface area (TPSA) is 49.8 Å². The Morgan fingerprint density at radius 3 is 2.29 bits per heavy atom. The van der Waals surface area contributed by atoms with Gasteiger partial charge in [-0.25, -0.2) is 9.97 Å². The predicted molar refractivity (Wildman–Crippen MR) is 78.7 cm³/mol. The molecule has 120 valence electrons. The number of rotatable bonds is 7. The van der Waals surface area contributed by atoms with E-state index in [9.17, 15) is 13.2 Å². The van der Waals surface area contributed by atoms with Crippen LogP contribution < -0.4 is 10.6 Å². The average molecular weight is 304 g/mol. The third-order valence-corrected chi connectivity index (χ3v) is 2.92. The summed E-state index contributed by atoms with van der Waals surface area (Å²) in [6.07, 6.45) is -2.78. The van der Waals surface area contributed by atoms with Gasteiger partial charge in [0.1, 0.15) is 18.0 Å². The molecule has 1 rings (SSSR count). The van der Waals surface area contributed by atoms with E-state index in [-0.39, 0.29) is 5.92 Å². The maximum atomic E-state index is 12.4. The smallest absolute Gasteiger partial charge is 0.370 e. The van der Waals surface area contributed by atoms with E-state index in [1.54, 1.807) is 0 Å². The zero-order valence-corrected chi connectivity index (χ0v) is 12.9. The van der Waals surface area contributed by atoms with E-state index < -0.39 is 18.6 Å². The summed E-state index contributed by atoms with van der Waals surface area (Å²) in [4.78, 5) is 8.30. The summed E-state index contributed by atoms with van der Waals surface area (Å²) in [5, 5.41) is 6.05. The van der Waals surface area contributed by atoms with Crippen LogP contribution in [0.4, 0.5) is 24.8 Å². The van der Waals surface area contributed by atoms with Crippen LogP contribution in [0.5, 0.6) is 0 Å². The molecular weight excluding hydrogens is 281 g/mol. The minimum absolute atomic E-state index is 0.103. The van der Waals surface area contributed by atoms with Crippen LogP contribution in [0.3, 0.4) is 0 Å². The molecule has 0 bridgehead atoms. The fourth-order valence-electron chi connectivity index (χ4n) is 2.07. The second kappa shape index (κ2) is 7.47. The van der Waals surface area contributed by atoms with E-state index in [4.69, 9.17) is 0 Å². The number of hydrogen-bond donors (Lipinski definition) is 2. The molecule has 0 amide bonds. The molecule has 0 aliphatic heterocycles. The standard InChI is InChI=1S/C14H23F3N4/c1-5-6-18-12-11(9(2)3)13(20-8-19-12)21-10(4)7-14(15,16)17/h8-10H,5-7H2,1-4H3,(H2,18,19,20,21). The zero-order chi connectivity index (χ0) is 16.0. The summed E-state index contributed by atoms with van der Waals surface area (Å²) in [6.45, 7) is 8.23. The molecule has 1 aromatic heterocycles. The first-order chi connectivity index (χ1) is 9.74. The first-order valence-electron chi connectivity index (χ1n) is 7.16. The molecule has 0 spiro atoms.